The number of hydrogen-bond acceptors (Lipinski definition) is 6. The Morgan fingerprint density at radius 1 is 1.18 bits per heavy atom. The Morgan fingerprint density at radius 3 is 2.36 bits per heavy atom. The summed E-state index contributed by atoms with van der Waals surface area (Å²) >= 11 is 1.58. The van der Waals surface area contributed by atoms with Gasteiger partial charge >= 0.3 is 11.9 Å². The summed E-state index contributed by atoms with van der Waals surface area (Å²) in [6.07, 6.45) is 1.80. The van der Waals surface area contributed by atoms with E-state index < -0.39 is 5.60 Å². The SMILES string of the molecule is C/C=C(\C(=O)OC(C)(C)C)C(NCc1ccc(C(=O)OC)cc1)c1ccsc1. The molecule has 0 aliphatic carbocycles. The first-order valence-corrected chi connectivity index (χ1v) is 10.0. The molecule has 0 spiro atoms. The Balaban J connectivity index is 2.18. The minimum atomic E-state index is -0.561. The van der Waals surface area contributed by atoms with Crippen molar-refractivity contribution in [1.82, 2.24) is 5.32 Å². The fourth-order valence-corrected chi connectivity index (χ4v) is 3.37. The van der Waals surface area contributed by atoms with Crippen LogP contribution in [0.3, 0.4) is 0 Å². The highest BCUT2D eigenvalue weighted by Crippen LogP contribution is 2.27. The quantitative estimate of drug-likeness (QED) is 0.540. The maximum atomic E-state index is 12.7. The zero-order valence-electron chi connectivity index (χ0n) is 16.9. The molecule has 6 heteroatoms. The maximum absolute atomic E-state index is 12.7. The van der Waals surface area contributed by atoms with Crippen LogP contribution in [0.5, 0.6) is 0 Å². The Hall–Kier alpha value is -2.44. The summed E-state index contributed by atoms with van der Waals surface area (Å²) < 4.78 is 10.3. The first-order valence-electron chi connectivity index (χ1n) is 9.07. The molecule has 1 unspecified atom stereocenters. The molecule has 1 aromatic heterocycles. The van der Waals surface area contributed by atoms with Crippen LogP contribution in [0.1, 0.15) is 55.2 Å². The van der Waals surface area contributed by atoms with Gasteiger partial charge in [-0.15, -0.1) is 0 Å². The van der Waals surface area contributed by atoms with E-state index >= 15 is 0 Å². The molecule has 0 aliphatic heterocycles. The smallest absolute Gasteiger partial charge is 0.337 e. The topological polar surface area (TPSA) is 64.6 Å². The number of benzene rings is 1. The Bertz CT molecular complexity index is 817. The summed E-state index contributed by atoms with van der Waals surface area (Å²) in [6.45, 7) is 7.93. The van der Waals surface area contributed by atoms with Gasteiger partial charge in [0.05, 0.1) is 24.3 Å². The number of thiophene rings is 1. The van der Waals surface area contributed by atoms with Crippen molar-refractivity contribution in [2.24, 2.45) is 0 Å². The molecule has 1 heterocycles. The molecule has 0 bridgehead atoms. The lowest BCUT2D eigenvalue weighted by molar-refractivity contribution is -0.150. The van der Waals surface area contributed by atoms with E-state index in [0.29, 0.717) is 17.7 Å². The van der Waals surface area contributed by atoms with E-state index in [1.54, 1.807) is 29.5 Å². The Morgan fingerprint density at radius 2 is 1.86 bits per heavy atom. The van der Waals surface area contributed by atoms with E-state index in [0.717, 1.165) is 11.1 Å². The summed E-state index contributed by atoms with van der Waals surface area (Å²) in [7, 11) is 1.36. The van der Waals surface area contributed by atoms with Crippen molar-refractivity contribution in [3.63, 3.8) is 0 Å². The normalized spacial score (nSPS) is 13.1. The van der Waals surface area contributed by atoms with Gasteiger partial charge < -0.3 is 14.8 Å². The van der Waals surface area contributed by atoms with Gasteiger partial charge in [0.15, 0.2) is 0 Å². The highest BCUT2D eigenvalue weighted by molar-refractivity contribution is 7.08. The van der Waals surface area contributed by atoms with Crippen molar-refractivity contribution in [2.45, 2.75) is 45.9 Å². The van der Waals surface area contributed by atoms with Gasteiger partial charge in [-0.1, -0.05) is 18.2 Å². The van der Waals surface area contributed by atoms with Crippen LogP contribution < -0.4 is 5.32 Å². The van der Waals surface area contributed by atoms with Gasteiger partial charge in [0.2, 0.25) is 0 Å². The highest BCUT2D eigenvalue weighted by atomic mass is 32.1. The van der Waals surface area contributed by atoms with Crippen LogP contribution in [0.4, 0.5) is 0 Å². The number of carbonyl (C=O) groups excluding carboxylic acids is 2. The molecular weight excluding hydrogens is 374 g/mol. The molecule has 0 radical (unpaired) electrons. The molecule has 28 heavy (non-hydrogen) atoms. The van der Waals surface area contributed by atoms with Crippen LogP contribution in [0.25, 0.3) is 0 Å². The van der Waals surface area contributed by atoms with Gasteiger partial charge in [0, 0.05) is 6.54 Å². The first-order chi connectivity index (χ1) is 13.2. The predicted octanol–water partition coefficient (Wildman–Crippen LogP) is 4.65. The molecule has 2 aromatic rings. The van der Waals surface area contributed by atoms with Crippen LogP contribution in [0.2, 0.25) is 0 Å². The summed E-state index contributed by atoms with van der Waals surface area (Å²) in [4.78, 5) is 24.3. The number of ether oxygens (including phenoxy) is 2. The van der Waals surface area contributed by atoms with Crippen molar-refractivity contribution in [3.8, 4) is 0 Å². The lowest BCUT2D eigenvalue weighted by Crippen LogP contribution is -2.31. The third kappa shape index (κ3) is 6.04. The van der Waals surface area contributed by atoms with Gasteiger partial charge in [-0.2, -0.15) is 11.3 Å². The van der Waals surface area contributed by atoms with E-state index in [4.69, 9.17) is 9.47 Å². The molecular formula is C22H27NO4S. The first kappa shape index (κ1) is 21.9. The second kappa shape index (κ2) is 9.66. The third-order valence-electron chi connectivity index (χ3n) is 4.02. The third-order valence-corrected chi connectivity index (χ3v) is 4.72. The van der Waals surface area contributed by atoms with Gasteiger partial charge in [-0.3, -0.25) is 0 Å². The summed E-state index contributed by atoms with van der Waals surface area (Å²) in [5, 5.41) is 7.44. The molecule has 0 amide bonds. The minimum absolute atomic E-state index is 0.286. The molecule has 1 N–H and O–H groups in total. The molecule has 1 atom stereocenters. The van der Waals surface area contributed by atoms with Crippen molar-refractivity contribution in [2.75, 3.05) is 7.11 Å². The van der Waals surface area contributed by atoms with Crippen LogP contribution in [0.15, 0.2) is 52.7 Å². The maximum Gasteiger partial charge on any atom is 0.337 e. The van der Waals surface area contributed by atoms with Crippen LogP contribution in [-0.4, -0.2) is 24.6 Å². The van der Waals surface area contributed by atoms with Crippen LogP contribution in [-0.2, 0) is 20.8 Å². The number of hydrogen-bond donors (Lipinski definition) is 1. The molecule has 5 nitrogen and oxygen atoms in total. The monoisotopic (exact) mass is 401 g/mol. The molecule has 0 fully saturated rings. The zero-order chi connectivity index (χ0) is 20.7. The number of rotatable bonds is 7. The van der Waals surface area contributed by atoms with Crippen molar-refractivity contribution < 1.29 is 19.1 Å². The number of carbonyl (C=O) groups is 2. The average molecular weight is 402 g/mol. The van der Waals surface area contributed by atoms with Gasteiger partial charge in [0.25, 0.3) is 0 Å². The van der Waals surface area contributed by atoms with Gasteiger partial charge in [-0.05, 0) is 67.8 Å². The van der Waals surface area contributed by atoms with Crippen molar-refractivity contribution in [1.29, 1.82) is 0 Å². The lowest BCUT2D eigenvalue weighted by atomic mass is 10.00. The second-order valence-electron chi connectivity index (χ2n) is 7.31. The summed E-state index contributed by atoms with van der Waals surface area (Å²) in [5.41, 5.74) is 2.51. The van der Waals surface area contributed by atoms with E-state index in [9.17, 15) is 9.59 Å². The number of nitrogens with one attached hydrogen (secondary N) is 1. The largest absolute Gasteiger partial charge is 0.465 e. The number of allylic oxidation sites excluding steroid dienone is 1. The minimum Gasteiger partial charge on any atom is -0.465 e. The fraction of sp³-hybridized carbons (Fsp3) is 0.364. The molecule has 1 aromatic carbocycles. The lowest BCUT2D eigenvalue weighted by Gasteiger charge is -2.25. The van der Waals surface area contributed by atoms with Crippen molar-refractivity contribution in [3.05, 3.63) is 69.4 Å². The van der Waals surface area contributed by atoms with Gasteiger partial charge in [0.1, 0.15) is 5.60 Å². The van der Waals surface area contributed by atoms with E-state index in [1.165, 1.54) is 7.11 Å². The molecule has 0 saturated carbocycles. The summed E-state index contributed by atoms with van der Waals surface area (Å²) in [6, 6.07) is 8.90. The molecule has 0 saturated heterocycles. The molecule has 2 rings (SSSR count). The predicted molar refractivity (Wildman–Crippen MR) is 111 cm³/mol. The standard InChI is InChI=1S/C22H27NO4S/c1-6-18(21(25)27-22(2,3)4)19(17-11-12-28-14-17)23-13-15-7-9-16(10-8-15)20(24)26-5/h6-12,14,19,23H,13H2,1-5H3/b18-6-. The Labute approximate surface area is 170 Å². The van der Waals surface area contributed by atoms with E-state index in [-0.39, 0.29) is 18.0 Å². The molecule has 0 aliphatic rings. The van der Waals surface area contributed by atoms with Crippen molar-refractivity contribution >= 4 is 23.3 Å². The Kier molecular flexibility index (Phi) is 7.54. The number of methoxy groups -OCH3 is 1. The number of esters is 2. The van der Waals surface area contributed by atoms with Crippen LogP contribution >= 0.6 is 11.3 Å². The van der Waals surface area contributed by atoms with Gasteiger partial charge in [-0.25, -0.2) is 9.59 Å². The summed E-state index contributed by atoms with van der Waals surface area (Å²) in [5.74, 6) is -0.698. The second-order valence-corrected chi connectivity index (χ2v) is 8.09. The zero-order valence-corrected chi connectivity index (χ0v) is 17.8. The molecule has 150 valence electrons. The average Bonchev–Trinajstić information content (AvgIpc) is 3.17. The van der Waals surface area contributed by atoms with E-state index in [2.05, 4.69) is 5.32 Å². The van der Waals surface area contributed by atoms with E-state index in [1.807, 2.05) is 56.7 Å². The van der Waals surface area contributed by atoms with Crippen LogP contribution in [0, 0.1) is 0 Å². The highest BCUT2D eigenvalue weighted by Gasteiger charge is 2.26. The fourth-order valence-electron chi connectivity index (χ4n) is 2.68.